The van der Waals surface area contributed by atoms with Crippen molar-refractivity contribution in [1.29, 1.82) is 0 Å². The number of carbonyl (C=O) groups excluding carboxylic acids is 2. The van der Waals surface area contributed by atoms with Crippen molar-refractivity contribution < 1.29 is 9.59 Å². The number of piperidine rings is 1. The summed E-state index contributed by atoms with van der Waals surface area (Å²) < 4.78 is 0. The molecule has 2 saturated heterocycles. The number of aromatic nitrogens is 1. The average molecular weight is 477 g/mol. The maximum atomic E-state index is 13.2. The topological polar surface area (TPSA) is 56.8 Å². The van der Waals surface area contributed by atoms with Gasteiger partial charge in [0.2, 0.25) is 5.91 Å². The lowest BCUT2D eigenvalue weighted by Crippen LogP contribution is -2.51. The summed E-state index contributed by atoms with van der Waals surface area (Å²) in [5, 5.41) is 5.42. The smallest absolute Gasteiger partial charge is 0.254 e. The monoisotopic (exact) mass is 476 g/mol. The summed E-state index contributed by atoms with van der Waals surface area (Å²) in [5.41, 5.74) is 1.90. The molecule has 0 radical (unpaired) electrons. The minimum Gasteiger partial charge on any atom is -0.340 e. The third-order valence-electron chi connectivity index (χ3n) is 7.12. The molecular formula is C27H32N4O2S. The normalized spacial score (nSPS) is 17.9. The zero-order valence-corrected chi connectivity index (χ0v) is 20.6. The van der Waals surface area contributed by atoms with Crippen molar-refractivity contribution in [2.75, 3.05) is 39.3 Å². The highest BCUT2D eigenvalue weighted by Gasteiger charge is 2.32. The highest BCUT2D eigenvalue weighted by molar-refractivity contribution is 7.09. The molecule has 3 aromatic rings. The largest absolute Gasteiger partial charge is 0.340 e. The molecule has 0 aliphatic carbocycles. The molecule has 1 aromatic heterocycles. The number of thiazole rings is 1. The molecule has 2 aliphatic heterocycles. The van der Waals surface area contributed by atoms with Crippen LogP contribution < -0.4 is 0 Å². The number of benzene rings is 2. The Balaban J connectivity index is 1.12. The lowest BCUT2D eigenvalue weighted by Gasteiger charge is -2.38. The Morgan fingerprint density at radius 1 is 0.941 bits per heavy atom. The van der Waals surface area contributed by atoms with Gasteiger partial charge in [0, 0.05) is 62.7 Å². The number of amides is 2. The number of fused-ring (bicyclic) bond motifs is 1. The van der Waals surface area contributed by atoms with E-state index in [1.807, 2.05) is 52.3 Å². The second-order valence-corrected chi connectivity index (χ2v) is 10.2. The molecule has 0 spiro atoms. The van der Waals surface area contributed by atoms with E-state index >= 15 is 0 Å². The third-order valence-corrected chi connectivity index (χ3v) is 8.16. The van der Waals surface area contributed by atoms with Gasteiger partial charge in [0.1, 0.15) is 0 Å². The number of piperazine rings is 1. The van der Waals surface area contributed by atoms with E-state index in [2.05, 4.69) is 22.2 Å². The van der Waals surface area contributed by atoms with Crippen molar-refractivity contribution in [3.8, 4) is 0 Å². The Hall–Kier alpha value is -2.77. The predicted octanol–water partition coefficient (Wildman–Crippen LogP) is 4.06. The first-order valence-electron chi connectivity index (χ1n) is 12.3. The maximum Gasteiger partial charge on any atom is 0.254 e. The second-order valence-electron chi connectivity index (χ2n) is 9.28. The number of likely N-dealkylation sites (tertiary alicyclic amines) is 1. The third kappa shape index (κ3) is 4.86. The molecule has 7 heteroatoms. The van der Waals surface area contributed by atoms with Gasteiger partial charge >= 0.3 is 0 Å². The molecule has 0 unspecified atom stereocenters. The van der Waals surface area contributed by atoms with Crippen LogP contribution in [0.25, 0.3) is 10.8 Å². The summed E-state index contributed by atoms with van der Waals surface area (Å²) in [6, 6.07) is 13.9. The number of hydrogen-bond donors (Lipinski definition) is 0. The van der Waals surface area contributed by atoms with Crippen LogP contribution in [0.5, 0.6) is 0 Å². The van der Waals surface area contributed by atoms with E-state index in [4.69, 9.17) is 0 Å². The molecule has 2 aliphatic rings. The first kappa shape index (κ1) is 23.0. The molecule has 0 saturated carbocycles. The fourth-order valence-electron chi connectivity index (χ4n) is 5.11. The second kappa shape index (κ2) is 10.2. The summed E-state index contributed by atoms with van der Waals surface area (Å²) in [7, 11) is 0. The molecule has 5 rings (SSSR count). The summed E-state index contributed by atoms with van der Waals surface area (Å²) in [6.07, 6.45) is 2.47. The lowest BCUT2D eigenvalue weighted by atomic mass is 9.94. The van der Waals surface area contributed by atoms with E-state index in [0.717, 1.165) is 74.0 Å². The molecule has 0 N–H and O–H groups in total. The van der Waals surface area contributed by atoms with Crippen LogP contribution in [-0.2, 0) is 17.8 Å². The number of carbonyl (C=O) groups is 2. The molecule has 2 aromatic carbocycles. The van der Waals surface area contributed by atoms with E-state index < -0.39 is 0 Å². The fraction of sp³-hybridized carbons (Fsp3) is 0.444. The van der Waals surface area contributed by atoms with Gasteiger partial charge in [0.25, 0.3) is 5.91 Å². The number of nitrogens with zero attached hydrogens (tertiary/aromatic N) is 4. The van der Waals surface area contributed by atoms with Crippen molar-refractivity contribution in [1.82, 2.24) is 19.7 Å². The highest BCUT2D eigenvalue weighted by Crippen LogP contribution is 2.25. The Morgan fingerprint density at radius 3 is 2.41 bits per heavy atom. The molecule has 6 nitrogen and oxygen atoms in total. The van der Waals surface area contributed by atoms with Crippen molar-refractivity contribution >= 4 is 33.9 Å². The molecule has 34 heavy (non-hydrogen) atoms. The van der Waals surface area contributed by atoms with E-state index in [-0.39, 0.29) is 17.7 Å². The van der Waals surface area contributed by atoms with E-state index in [0.29, 0.717) is 13.1 Å². The maximum absolute atomic E-state index is 13.2. The summed E-state index contributed by atoms with van der Waals surface area (Å²) in [4.78, 5) is 37.4. The lowest BCUT2D eigenvalue weighted by molar-refractivity contribution is -0.138. The molecule has 0 atom stereocenters. The SMILES string of the molecule is CCc1nc(CN2CCN(C(=O)C3CCN(C(=O)c4cccc5ccccc45)CC3)CC2)cs1. The van der Waals surface area contributed by atoms with Gasteiger partial charge in [0.05, 0.1) is 10.7 Å². The van der Waals surface area contributed by atoms with Crippen LogP contribution in [0.3, 0.4) is 0 Å². The van der Waals surface area contributed by atoms with Crippen LogP contribution in [0.4, 0.5) is 0 Å². The van der Waals surface area contributed by atoms with Gasteiger partial charge < -0.3 is 9.80 Å². The standard InChI is InChI=1S/C27H32N4O2S/c1-2-25-28-22(19-34-25)18-29-14-16-31(17-15-29)26(32)21-10-12-30(13-11-21)27(33)24-9-5-7-20-6-3-4-8-23(20)24/h3-9,19,21H,2,10-18H2,1H3. The summed E-state index contributed by atoms with van der Waals surface area (Å²) in [6.45, 7) is 7.62. The van der Waals surface area contributed by atoms with Gasteiger partial charge in [-0.05, 0) is 36.1 Å². The summed E-state index contributed by atoms with van der Waals surface area (Å²) >= 11 is 1.73. The molecule has 178 valence electrons. The van der Waals surface area contributed by atoms with Gasteiger partial charge in [-0.3, -0.25) is 14.5 Å². The van der Waals surface area contributed by atoms with Crippen molar-refractivity contribution in [3.63, 3.8) is 0 Å². The zero-order chi connectivity index (χ0) is 23.5. The van der Waals surface area contributed by atoms with E-state index in [1.54, 1.807) is 11.3 Å². The molecule has 0 bridgehead atoms. The Labute approximate surface area is 205 Å². The van der Waals surface area contributed by atoms with Gasteiger partial charge in [-0.2, -0.15) is 0 Å². The highest BCUT2D eigenvalue weighted by atomic mass is 32.1. The van der Waals surface area contributed by atoms with Gasteiger partial charge in [-0.25, -0.2) is 4.98 Å². The van der Waals surface area contributed by atoms with Crippen LogP contribution in [0.15, 0.2) is 47.8 Å². The first-order chi connectivity index (χ1) is 16.6. The predicted molar refractivity (Wildman–Crippen MR) is 136 cm³/mol. The van der Waals surface area contributed by atoms with Crippen molar-refractivity contribution in [2.45, 2.75) is 32.7 Å². The van der Waals surface area contributed by atoms with Crippen LogP contribution in [-0.4, -0.2) is 70.8 Å². The van der Waals surface area contributed by atoms with E-state index in [9.17, 15) is 9.59 Å². The number of hydrogen-bond acceptors (Lipinski definition) is 5. The first-order valence-corrected chi connectivity index (χ1v) is 13.2. The number of rotatable bonds is 5. The average Bonchev–Trinajstić information content (AvgIpc) is 3.35. The van der Waals surface area contributed by atoms with Gasteiger partial charge in [-0.1, -0.05) is 43.3 Å². The Morgan fingerprint density at radius 2 is 1.68 bits per heavy atom. The Kier molecular flexibility index (Phi) is 6.92. The quantitative estimate of drug-likeness (QED) is 0.557. The van der Waals surface area contributed by atoms with Crippen LogP contribution >= 0.6 is 11.3 Å². The van der Waals surface area contributed by atoms with Crippen LogP contribution in [0.1, 0.15) is 40.8 Å². The van der Waals surface area contributed by atoms with Crippen molar-refractivity contribution in [3.05, 3.63) is 64.1 Å². The van der Waals surface area contributed by atoms with Crippen LogP contribution in [0, 0.1) is 5.92 Å². The minimum atomic E-state index is 0.0220. The van der Waals surface area contributed by atoms with Gasteiger partial charge in [-0.15, -0.1) is 11.3 Å². The van der Waals surface area contributed by atoms with Crippen molar-refractivity contribution in [2.24, 2.45) is 5.92 Å². The Bertz CT molecular complexity index is 1150. The molecule has 3 heterocycles. The fourth-order valence-corrected chi connectivity index (χ4v) is 5.85. The number of aryl methyl sites for hydroxylation is 1. The molecule has 2 fully saturated rings. The van der Waals surface area contributed by atoms with E-state index in [1.165, 1.54) is 5.01 Å². The zero-order valence-electron chi connectivity index (χ0n) is 19.8. The minimum absolute atomic E-state index is 0.0220. The summed E-state index contributed by atoms with van der Waals surface area (Å²) in [5.74, 6) is 0.359. The molecule has 2 amide bonds. The van der Waals surface area contributed by atoms with Gasteiger partial charge in [0.15, 0.2) is 0 Å². The molecular weight excluding hydrogens is 444 g/mol. The van der Waals surface area contributed by atoms with Crippen LogP contribution in [0.2, 0.25) is 0 Å².